The fraction of sp³-hybridized carbons (Fsp3) is 0.273. The van der Waals surface area contributed by atoms with Gasteiger partial charge in [-0.3, -0.25) is 15.0 Å². The lowest BCUT2D eigenvalue weighted by atomic mass is 9.78. The molecular formula is C22H20ClN3O4. The molecule has 2 aromatic rings. The number of carbonyl (C=O) groups excluding carboxylic acids is 3. The molecule has 1 fully saturated rings. The van der Waals surface area contributed by atoms with Gasteiger partial charge in [-0.05, 0) is 44.0 Å². The van der Waals surface area contributed by atoms with Gasteiger partial charge in [0.1, 0.15) is 5.92 Å². The van der Waals surface area contributed by atoms with Crippen molar-refractivity contribution < 1.29 is 19.1 Å². The summed E-state index contributed by atoms with van der Waals surface area (Å²) in [5.74, 6) is -2.95. The number of esters is 1. The van der Waals surface area contributed by atoms with Crippen LogP contribution in [0, 0.1) is 19.8 Å². The van der Waals surface area contributed by atoms with Gasteiger partial charge in [-0.1, -0.05) is 47.5 Å². The number of imide groups is 1. The highest BCUT2D eigenvalue weighted by molar-refractivity contribution is 6.47. The Kier molecular flexibility index (Phi) is 4.86. The first-order chi connectivity index (χ1) is 14.3. The molecule has 2 heterocycles. The lowest BCUT2D eigenvalue weighted by molar-refractivity contribution is -0.136. The molecule has 0 unspecified atom stereocenters. The van der Waals surface area contributed by atoms with Crippen LogP contribution in [-0.4, -0.2) is 30.1 Å². The first-order valence-corrected chi connectivity index (χ1v) is 9.93. The Labute approximate surface area is 178 Å². The predicted molar refractivity (Wildman–Crippen MR) is 112 cm³/mol. The van der Waals surface area contributed by atoms with Crippen molar-refractivity contribution in [1.29, 1.82) is 0 Å². The molecule has 0 bridgehead atoms. The maximum atomic E-state index is 13.8. The van der Waals surface area contributed by atoms with E-state index in [9.17, 15) is 14.4 Å². The van der Waals surface area contributed by atoms with E-state index in [1.165, 1.54) is 0 Å². The lowest BCUT2D eigenvalue weighted by Gasteiger charge is -2.26. The molecule has 0 aliphatic carbocycles. The van der Waals surface area contributed by atoms with Crippen LogP contribution in [-0.2, 0) is 24.7 Å². The van der Waals surface area contributed by atoms with Crippen LogP contribution in [0.2, 0.25) is 5.02 Å². The molecule has 30 heavy (non-hydrogen) atoms. The number of halogens is 1. The molecule has 0 spiro atoms. The molecule has 0 aromatic heterocycles. The zero-order valence-electron chi connectivity index (χ0n) is 16.7. The van der Waals surface area contributed by atoms with Crippen molar-refractivity contribution in [2.45, 2.75) is 26.3 Å². The van der Waals surface area contributed by atoms with Crippen LogP contribution >= 0.6 is 11.6 Å². The molecular weight excluding hydrogens is 406 g/mol. The number of hydrogen-bond donors (Lipinski definition) is 1. The van der Waals surface area contributed by atoms with E-state index in [4.69, 9.17) is 16.3 Å². The molecule has 154 valence electrons. The highest BCUT2D eigenvalue weighted by Crippen LogP contribution is 2.46. The molecule has 7 nitrogen and oxygen atoms in total. The molecule has 2 atom stereocenters. The van der Waals surface area contributed by atoms with E-state index < -0.39 is 29.2 Å². The minimum atomic E-state index is -1.53. The van der Waals surface area contributed by atoms with E-state index >= 15 is 0 Å². The summed E-state index contributed by atoms with van der Waals surface area (Å²) in [5.41, 5.74) is 3.68. The van der Waals surface area contributed by atoms with E-state index in [1.54, 1.807) is 44.2 Å². The first-order valence-electron chi connectivity index (χ1n) is 9.55. The molecule has 8 heteroatoms. The van der Waals surface area contributed by atoms with E-state index in [2.05, 4.69) is 10.5 Å². The minimum absolute atomic E-state index is 0.113. The Morgan fingerprint density at radius 3 is 2.57 bits per heavy atom. The average molecular weight is 426 g/mol. The molecule has 2 aromatic carbocycles. The second-order valence-electron chi connectivity index (χ2n) is 7.30. The van der Waals surface area contributed by atoms with Gasteiger partial charge in [0.15, 0.2) is 11.3 Å². The third-order valence-corrected chi connectivity index (χ3v) is 5.95. The number of benzene rings is 2. The quantitative estimate of drug-likeness (QED) is 0.601. The number of ether oxygens (including phenoxy) is 1. The van der Waals surface area contributed by atoms with Gasteiger partial charge in [0, 0.05) is 5.02 Å². The van der Waals surface area contributed by atoms with Gasteiger partial charge >= 0.3 is 5.97 Å². The number of carbonyl (C=O) groups is 3. The van der Waals surface area contributed by atoms with Crippen LogP contribution in [0.3, 0.4) is 0 Å². The summed E-state index contributed by atoms with van der Waals surface area (Å²) in [5, 5.41) is 4.51. The van der Waals surface area contributed by atoms with E-state index in [0.29, 0.717) is 21.8 Å². The number of hydrazone groups is 1. The fourth-order valence-corrected chi connectivity index (χ4v) is 4.14. The zero-order valence-corrected chi connectivity index (χ0v) is 17.5. The van der Waals surface area contributed by atoms with Gasteiger partial charge < -0.3 is 4.74 Å². The smallest absolute Gasteiger partial charge is 0.355 e. The predicted octanol–water partition coefficient (Wildman–Crippen LogP) is 2.86. The Morgan fingerprint density at radius 1 is 1.20 bits per heavy atom. The number of rotatable bonds is 4. The zero-order chi connectivity index (χ0) is 21.6. The molecule has 2 aliphatic heterocycles. The molecule has 1 saturated heterocycles. The topological polar surface area (TPSA) is 88.1 Å². The summed E-state index contributed by atoms with van der Waals surface area (Å²) in [4.78, 5) is 41.0. The van der Waals surface area contributed by atoms with Gasteiger partial charge in [-0.25, -0.2) is 9.69 Å². The summed E-state index contributed by atoms with van der Waals surface area (Å²) in [6, 6.07) is 12.2. The minimum Gasteiger partial charge on any atom is -0.461 e. The Balaban J connectivity index is 1.90. The van der Waals surface area contributed by atoms with E-state index in [1.807, 2.05) is 19.1 Å². The van der Waals surface area contributed by atoms with E-state index in [0.717, 1.165) is 10.5 Å². The van der Waals surface area contributed by atoms with Gasteiger partial charge in [-0.2, -0.15) is 5.10 Å². The normalized spacial score (nSPS) is 22.6. The monoisotopic (exact) mass is 425 g/mol. The second-order valence-corrected chi connectivity index (χ2v) is 7.71. The van der Waals surface area contributed by atoms with Crippen LogP contribution in [0.15, 0.2) is 47.6 Å². The van der Waals surface area contributed by atoms with Gasteiger partial charge in [0.2, 0.25) is 5.91 Å². The number of nitrogens with zero attached hydrogens (tertiary/aromatic N) is 2. The lowest BCUT2D eigenvalue weighted by Crippen LogP contribution is -2.48. The Bertz CT molecular complexity index is 1100. The number of amides is 2. The average Bonchev–Trinajstić information content (AvgIpc) is 3.22. The largest absolute Gasteiger partial charge is 0.461 e. The van der Waals surface area contributed by atoms with Crippen molar-refractivity contribution >= 4 is 40.8 Å². The molecule has 2 aliphatic rings. The Hall–Kier alpha value is -3.19. The molecule has 0 radical (unpaired) electrons. The molecule has 2 amide bonds. The molecule has 4 rings (SSSR count). The fourth-order valence-electron chi connectivity index (χ4n) is 3.97. The van der Waals surface area contributed by atoms with Crippen LogP contribution in [0.1, 0.15) is 23.6 Å². The van der Waals surface area contributed by atoms with Crippen molar-refractivity contribution in [3.05, 3.63) is 64.2 Å². The standard InChI is InChI=1S/C22H20ClN3O4/c1-4-30-20(28)18-17-19(27)26(16-7-5-6-15(23)13(16)3)21(29)22(17,25-24-18)14-10-8-12(2)9-11-14/h5-11,17,25H,4H2,1-3H3/t17-,22+/m0/s1. The van der Waals surface area contributed by atoms with Crippen molar-refractivity contribution in [2.24, 2.45) is 11.0 Å². The first kappa shape index (κ1) is 20.1. The highest BCUT2D eigenvalue weighted by Gasteiger charge is 2.67. The van der Waals surface area contributed by atoms with Gasteiger partial charge in [0.25, 0.3) is 5.91 Å². The number of aryl methyl sites for hydroxylation is 1. The number of anilines is 1. The maximum Gasteiger partial charge on any atom is 0.355 e. The van der Waals surface area contributed by atoms with Crippen molar-refractivity contribution in [2.75, 3.05) is 11.5 Å². The molecule has 0 saturated carbocycles. The van der Waals surface area contributed by atoms with Crippen LogP contribution < -0.4 is 10.3 Å². The Morgan fingerprint density at radius 2 is 1.90 bits per heavy atom. The van der Waals surface area contributed by atoms with Crippen molar-refractivity contribution in [3.63, 3.8) is 0 Å². The third-order valence-electron chi connectivity index (χ3n) is 5.54. The van der Waals surface area contributed by atoms with Crippen molar-refractivity contribution in [1.82, 2.24) is 5.43 Å². The van der Waals surface area contributed by atoms with Gasteiger partial charge in [-0.15, -0.1) is 0 Å². The van der Waals surface area contributed by atoms with Crippen LogP contribution in [0.4, 0.5) is 5.69 Å². The van der Waals surface area contributed by atoms with Crippen molar-refractivity contribution in [3.8, 4) is 0 Å². The second kappa shape index (κ2) is 7.25. The summed E-state index contributed by atoms with van der Waals surface area (Å²) in [6.07, 6.45) is 0. The summed E-state index contributed by atoms with van der Waals surface area (Å²) in [6.45, 7) is 5.45. The number of nitrogens with one attached hydrogen (secondary N) is 1. The highest BCUT2D eigenvalue weighted by atomic mass is 35.5. The summed E-state index contributed by atoms with van der Waals surface area (Å²) < 4.78 is 5.09. The SMILES string of the molecule is CCOC(=O)C1=NN[C@@]2(c3ccc(C)cc3)C(=O)N(c3cccc(Cl)c3C)C(=O)[C@H]12. The van der Waals surface area contributed by atoms with E-state index in [-0.39, 0.29) is 12.3 Å². The summed E-state index contributed by atoms with van der Waals surface area (Å²) in [7, 11) is 0. The van der Waals surface area contributed by atoms with Crippen LogP contribution in [0.5, 0.6) is 0 Å². The van der Waals surface area contributed by atoms with Gasteiger partial charge in [0.05, 0.1) is 12.3 Å². The maximum absolute atomic E-state index is 13.8. The molecule has 1 N–H and O–H groups in total. The summed E-state index contributed by atoms with van der Waals surface area (Å²) >= 11 is 6.24. The number of fused-ring (bicyclic) bond motifs is 1. The number of hydrogen-bond acceptors (Lipinski definition) is 6. The third kappa shape index (κ3) is 2.73. The van der Waals surface area contributed by atoms with Crippen LogP contribution in [0.25, 0.3) is 0 Å².